The molecule has 0 aliphatic heterocycles. The minimum Gasteiger partial charge on any atom is -0.313 e. The van der Waals surface area contributed by atoms with Gasteiger partial charge in [-0.05, 0) is 30.7 Å². The highest BCUT2D eigenvalue weighted by Gasteiger charge is 2.33. The van der Waals surface area contributed by atoms with Crippen molar-refractivity contribution in [2.45, 2.75) is 26.1 Å². The van der Waals surface area contributed by atoms with Crippen molar-refractivity contribution in [3.05, 3.63) is 28.5 Å². The van der Waals surface area contributed by atoms with Crippen LogP contribution in [0.2, 0.25) is 5.15 Å². The Bertz CT molecular complexity index is 352. The molecule has 0 aliphatic rings. The molecule has 2 nitrogen and oxygen atoms in total. The van der Waals surface area contributed by atoms with Crippen molar-refractivity contribution in [1.29, 1.82) is 0 Å². The van der Waals surface area contributed by atoms with E-state index in [1.807, 2.05) is 6.92 Å². The monoisotopic (exact) mass is 252 g/mol. The van der Waals surface area contributed by atoms with E-state index in [0.717, 1.165) is 19.0 Å². The van der Waals surface area contributed by atoms with Crippen LogP contribution in [-0.4, -0.2) is 11.5 Å². The van der Waals surface area contributed by atoms with Crippen LogP contribution in [0.25, 0.3) is 0 Å². The van der Waals surface area contributed by atoms with Crippen molar-refractivity contribution >= 4 is 11.6 Å². The maximum Gasteiger partial charge on any atom is 0.433 e. The second-order valence-electron chi connectivity index (χ2n) is 3.36. The molecule has 1 rings (SSSR count). The Labute approximate surface area is 96.8 Å². The molecule has 1 aromatic heterocycles. The average molecular weight is 253 g/mol. The molecule has 0 fully saturated rings. The Kier molecular flexibility index (Phi) is 4.56. The topological polar surface area (TPSA) is 24.9 Å². The summed E-state index contributed by atoms with van der Waals surface area (Å²) in [4.78, 5) is 3.25. The normalized spacial score (nSPS) is 11.8. The number of pyridine rings is 1. The predicted octanol–water partition coefficient (Wildman–Crippen LogP) is 3.25. The van der Waals surface area contributed by atoms with Gasteiger partial charge in [-0.15, -0.1) is 0 Å². The first-order valence-corrected chi connectivity index (χ1v) is 5.25. The van der Waals surface area contributed by atoms with E-state index in [4.69, 9.17) is 11.6 Å². The number of nitrogens with zero attached hydrogens (tertiary/aromatic N) is 1. The van der Waals surface area contributed by atoms with Gasteiger partial charge in [0.25, 0.3) is 0 Å². The number of hydrogen-bond acceptors (Lipinski definition) is 2. The third-order valence-corrected chi connectivity index (χ3v) is 2.09. The fraction of sp³-hybridized carbons (Fsp3) is 0.500. The molecule has 1 N–H and O–H groups in total. The summed E-state index contributed by atoms with van der Waals surface area (Å²) in [5.41, 5.74) is -0.464. The first kappa shape index (κ1) is 13.3. The van der Waals surface area contributed by atoms with E-state index >= 15 is 0 Å². The second kappa shape index (κ2) is 5.50. The SMILES string of the molecule is CCCNCc1cc(Cl)nc(C(F)(F)F)c1. The molecular weight excluding hydrogens is 241 g/mol. The first-order chi connectivity index (χ1) is 7.43. The van der Waals surface area contributed by atoms with Crippen LogP contribution in [-0.2, 0) is 12.7 Å². The lowest BCUT2D eigenvalue weighted by Gasteiger charge is -2.09. The molecule has 16 heavy (non-hydrogen) atoms. The number of hydrogen-bond donors (Lipinski definition) is 1. The smallest absolute Gasteiger partial charge is 0.313 e. The van der Waals surface area contributed by atoms with Gasteiger partial charge in [0.1, 0.15) is 10.8 Å². The molecule has 6 heteroatoms. The molecule has 1 heterocycles. The quantitative estimate of drug-likeness (QED) is 0.657. The highest BCUT2D eigenvalue weighted by molar-refractivity contribution is 6.29. The summed E-state index contributed by atoms with van der Waals surface area (Å²) in [6.07, 6.45) is -3.53. The van der Waals surface area contributed by atoms with Gasteiger partial charge in [-0.1, -0.05) is 18.5 Å². The summed E-state index contributed by atoms with van der Waals surface area (Å²) in [6, 6.07) is 2.44. The van der Waals surface area contributed by atoms with Gasteiger partial charge in [0.2, 0.25) is 0 Å². The zero-order chi connectivity index (χ0) is 12.2. The van der Waals surface area contributed by atoms with Gasteiger partial charge >= 0.3 is 6.18 Å². The highest BCUT2D eigenvalue weighted by atomic mass is 35.5. The summed E-state index contributed by atoms with van der Waals surface area (Å²) in [6.45, 7) is 3.09. The molecule has 1 aromatic rings. The molecule has 0 bridgehead atoms. The van der Waals surface area contributed by atoms with E-state index in [2.05, 4.69) is 10.3 Å². The van der Waals surface area contributed by atoms with Crippen LogP contribution in [0, 0.1) is 0 Å². The number of halogens is 4. The second-order valence-corrected chi connectivity index (χ2v) is 3.75. The van der Waals surface area contributed by atoms with Crippen molar-refractivity contribution in [3.63, 3.8) is 0 Å². The maximum absolute atomic E-state index is 12.4. The zero-order valence-electron chi connectivity index (χ0n) is 8.74. The Morgan fingerprint density at radius 3 is 2.62 bits per heavy atom. The number of nitrogens with one attached hydrogen (secondary N) is 1. The lowest BCUT2D eigenvalue weighted by molar-refractivity contribution is -0.141. The van der Waals surface area contributed by atoms with Gasteiger partial charge in [-0.3, -0.25) is 0 Å². The molecule has 0 atom stereocenters. The molecule has 0 amide bonds. The van der Waals surface area contributed by atoms with Crippen molar-refractivity contribution in [2.75, 3.05) is 6.54 Å². The van der Waals surface area contributed by atoms with Crippen LogP contribution in [0.1, 0.15) is 24.6 Å². The maximum atomic E-state index is 12.4. The van der Waals surface area contributed by atoms with Crippen LogP contribution in [0.5, 0.6) is 0 Å². The fourth-order valence-electron chi connectivity index (χ4n) is 1.21. The van der Waals surface area contributed by atoms with E-state index in [1.54, 1.807) is 0 Å². The Morgan fingerprint density at radius 2 is 2.06 bits per heavy atom. The number of aromatic nitrogens is 1. The van der Waals surface area contributed by atoms with Crippen molar-refractivity contribution in [1.82, 2.24) is 10.3 Å². The summed E-state index contributed by atoms with van der Waals surface area (Å²) in [5, 5.41) is 2.87. The van der Waals surface area contributed by atoms with Gasteiger partial charge in [-0.25, -0.2) is 4.98 Å². The molecule has 0 unspecified atom stereocenters. The lowest BCUT2D eigenvalue weighted by atomic mass is 10.2. The molecule has 90 valence electrons. The van der Waals surface area contributed by atoms with Gasteiger partial charge < -0.3 is 5.32 Å². The minimum atomic E-state index is -4.45. The largest absolute Gasteiger partial charge is 0.433 e. The molecule has 0 spiro atoms. The first-order valence-electron chi connectivity index (χ1n) is 4.88. The molecule has 0 aliphatic carbocycles. The standard InChI is InChI=1S/C10H12ClF3N2/c1-2-3-15-6-7-4-8(10(12,13)14)16-9(11)5-7/h4-5,15H,2-3,6H2,1H3. The third kappa shape index (κ3) is 3.98. The fourth-order valence-corrected chi connectivity index (χ4v) is 1.44. The molecular formula is C10H12ClF3N2. The van der Waals surface area contributed by atoms with E-state index in [9.17, 15) is 13.2 Å². The molecule has 0 saturated heterocycles. The van der Waals surface area contributed by atoms with Gasteiger partial charge in [-0.2, -0.15) is 13.2 Å². The Balaban J connectivity index is 2.82. The van der Waals surface area contributed by atoms with Gasteiger partial charge in [0.15, 0.2) is 0 Å². The van der Waals surface area contributed by atoms with Crippen LogP contribution in [0.3, 0.4) is 0 Å². The summed E-state index contributed by atoms with van der Waals surface area (Å²) < 4.78 is 37.2. The highest BCUT2D eigenvalue weighted by Crippen LogP contribution is 2.29. The van der Waals surface area contributed by atoms with Crippen LogP contribution in [0.4, 0.5) is 13.2 Å². The average Bonchev–Trinajstić information content (AvgIpc) is 2.16. The zero-order valence-corrected chi connectivity index (χ0v) is 9.49. The Morgan fingerprint density at radius 1 is 1.38 bits per heavy atom. The minimum absolute atomic E-state index is 0.136. The van der Waals surface area contributed by atoms with E-state index in [-0.39, 0.29) is 5.15 Å². The predicted molar refractivity (Wildman–Crippen MR) is 56.2 cm³/mol. The van der Waals surface area contributed by atoms with E-state index < -0.39 is 11.9 Å². The van der Waals surface area contributed by atoms with Crippen LogP contribution in [0.15, 0.2) is 12.1 Å². The summed E-state index contributed by atoms with van der Waals surface area (Å²) in [7, 11) is 0. The van der Waals surface area contributed by atoms with Crippen molar-refractivity contribution in [3.8, 4) is 0 Å². The Hall–Kier alpha value is -0.810. The van der Waals surface area contributed by atoms with Gasteiger partial charge in [0.05, 0.1) is 0 Å². The third-order valence-electron chi connectivity index (χ3n) is 1.90. The molecule has 0 radical (unpaired) electrons. The molecule has 0 aromatic carbocycles. The van der Waals surface area contributed by atoms with E-state index in [0.29, 0.717) is 12.1 Å². The van der Waals surface area contributed by atoms with Gasteiger partial charge in [0, 0.05) is 6.54 Å². The summed E-state index contributed by atoms with van der Waals surface area (Å²) >= 11 is 5.53. The van der Waals surface area contributed by atoms with Crippen molar-refractivity contribution < 1.29 is 13.2 Å². The van der Waals surface area contributed by atoms with Crippen LogP contribution < -0.4 is 5.32 Å². The lowest BCUT2D eigenvalue weighted by Crippen LogP contribution is -2.15. The molecule has 0 saturated carbocycles. The van der Waals surface area contributed by atoms with E-state index in [1.165, 1.54) is 6.07 Å². The van der Waals surface area contributed by atoms with Crippen molar-refractivity contribution in [2.24, 2.45) is 0 Å². The summed E-state index contributed by atoms with van der Waals surface area (Å²) in [5.74, 6) is 0. The number of rotatable bonds is 4. The van der Waals surface area contributed by atoms with Crippen LogP contribution >= 0.6 is 11.6 Å². The number of alkyl halides is 3.